The highest BCUT2D eigenvalue weighted by Crippen LogP contribution is 2.09. The van der Waals surface area contributed by atoms with Crippen LogP contribution in [-0.2, 0) is 13.1 Å². The molecule has 2 rings (SSSR count). The van der Waals surface area contributed by atoms with E-state index in [1.54, 1.807) is 6.20 Å². The van der Waals surface area contributed by atoms with Crippen LogP contribution < -0.4 is 5.32 Å². The normalized spacial score (nSPS) is 10.6. The summed E-state index contributed by atoms with van der Waals surface area (Å²) in [4.78, 5) is 0. The lowest BCUT2D eigenvalue weighted by Crippen LogP contribution is -2.19. The van der Waals surface area contributed by atoms with E-state index in [1.807, 2.05) is 35.1 Å². The molecule has 1 aromatic heterocycles. The number of benzene rings is 1. The predicted molar refractivity (Wildman–Crippen MR) is 65.4 cm³/mol. The average Bonchev–Trinajstić information content (AvgIpc) is 2.77. The molecule has 1 aromatic carbocycles. The Morgan fingerprint density at radius 1 is 1.31 bits per heavy atom. The van der Waals surface area contributed by atoms with Crippen molar-refractivity contribution in [3.8, 4) is 0 Å². The molecule has 0 fully saturated rings. The van der Waals surface area contributed by atoms with Crippen molar-refractivity contribution in [1.29, 1.82) is 0 Å². The lowest BCUT2D eigenvalue weighted by atomic mass is 10.2. The van der Waals surface area contributed by atoms with E-state index in [4.69, 9.17) is 11.6 Å². The largest absolute Gasteiger partial charge is 0.311 e. The first-order valence-corrected chi connectivity index (χ1v) is 5.65. The SMILES string of the molecule is Clc1cccc(CNCCn2cccn2)c1. The number of nitrogens with one attached hydrogen (secondary N) is 1. The van der Waals surface area contributed by atoms with Crippen LogP contribution in [0.15, 0.2) is 42.7 Å². The highest BCUT2D eigenvalue weighted by atomic mass is 35.5. The minimum Gasteiger partial charge on any atom is -0.311 e. The zero-order valence-electron chi connectivity index (χ0n) is 8.94. The van der Waals surface area contributed by atoms with Crippen LogP contribution in [0.1, 0.15) is 5.56 Å². The predicted octanol–water partition coefficient (Wildman–Crippen LogP) is 2.33. The first-order chi connectivity index (χ1) is 7.84. The van der Waals surface area contributed by atoms with Crippen molar-refractivity contribution in [1.82, 2.24) is 15.1 Å². The van der Waals surface area contributed by atoms with Crippen LogP contribution in [0.3, 0.4) is 0 Å². The van der Waals surface area contributed by atoms with Gasteiger partial charge in [-0.2, -0.15) is 5.10 Å². The minimum atomic E-state index is 0.784. The molecular formula is C12H14ClN3. The lowest BCUT2D eigenvalue weighted by molar-refractivity contribution is 0.555. The van der Waals surface area contributed by atoms with Crippen LogP contribution in [-0.4, -0.2) is 16.3 Å². The van der Waals surface area contributed by atoms with Gasteiger partial charge in [-0.25, -0.2) is 0 Å². The molecule has 0 spiro atoms. The Kier molecular flexibility index (Phi) is 3.97. The monoisotopic (exact) mass is 235 g/mol. The molecule has 0 aliphatic heterocycles. The highest BCUT2D eigenvalue weighted by molar-refractivity contribution is 6.30. The fraction of sp³-hybridized carbons (Fsp3) is 0.250. The number of hydrogen-bond acceptors (Lipinski definition) is 2. The summed E-state index contributed by atoms with van der Waals surface area (Å²) in [6.07, 6.45) is 3.75. The molecule has 0 atom stereocenters. The molecule has 84 valence electrons. The number of rotatable bonds is 5. The summed E-state index contributed by atoms with van der Waals surface area (Å²) in [5.41, 5.74) is 1.20. The van der Waals surface area contributed by atoms with Crippen molar-refractivity contribution in [2.45, 2.75) is 13.1 Å². The zero-order chi connectivity index (χ0) is 11.2. The van der Waals surface area contributed by atoms with Crippen LogP contribution in [0.25, 0.3) is 0 Å². The van der Waals surface area contributed by atoms with Gasteiger partial charge in [0.15, 0.2) is 0 Å². The molecule has 0 saturated carbocycles. The van der Waals surface area contributed by atoms with Crippen LogP contribution in [0, 0.1) is 0 Å². The van der Waals surface area contributed by atoms with Gasteiger partial charge in [0.1, 0.15) is 0 Å². The molecule has 1 heterocycles. The van der Waals surface area contributed by atoms with Crippen molar-refractivity contribution < 1.29 is 0 Å². The Hall–Kier alpha value is -1.32. The summed E-state index contributed by atoms with van der Waals surface area (Å²) in [5, 5.41) is 8.26. The van der Waals surface area contributed by atoms with E-state index < -0.39 is 0 Å². The van der Waals surface area contributed by atoms with Gasteiger partial charge in [0, 0.05) is 30.5 Å². The van der Waals surface area contributed by atoms with Gasteiger partial charge >= 0.3 is 0 Å². The van der Waals surface area contributed by atoms with Crippen molar-refractivity contribution in [2.24, 2.45) is 0 Å². The quantitative estimate of drug-likeness (QED) is 0.807. The van der Waals surface area contributed by atoms with E-state index in [2.05, 4.69) is 16.5 Å². The third-order valence-corrected chi connectivity index (χ3v) is 2.53. The second-order valence-electron chi connectivity index (χ2n) is 3.58. The maximum atomic E-state index is 5.90. The standard InChI is InChI=1S/C12H14ClN3/c13-12-4-1-3-11(9-12)10-14-6-8-16-7-2-5-15-16/h1-5,7,9,14H,6,8,10H2. The molecule has 0 radical (unpaired) electrons. The Bertz CT molecular complexity index is 426. The maximum absolute atomic E-state index is 5.90. The van der Waals surface area contributed by atoms with E-state index in [0.29, 0.717) is 0 Å². The molecule has 0 saturated heterocycles. The van der Waals surface area contributed by atoms with Gasteiger partial charge in [0.25, 0.3) is 0 Å². The molecule has 0 aliphatic rings. The topological polar surface area (TPSA) is 29.9 Å². The molecule has 0 amide bonds. The third-order valence-electron chi connectivity index (χ3n) is 2.30. The van der Waals surface area contributed by atoms with E-state index >= 15 is 0 Å². The maximum Gasteiger partial charge on any atom is 0.0534 e. The number of halogens is 1. The van der Waals surface area contributed by atoms with Crippen LogP contribution in [0.2, 0.25) is 5.02 Å². The molecule has 0 bridgehead atoms. The average molecular weight is 236 g/mol. The van der Waals surface area contributed by atoms with Crippen molar-refractivity contribution in [3.63, 3.8) is 0 Å². The summed E-state index contributed by atoms with van der Waals surface area (Å²) >= 11 is 5.90. The summed E-state index contributed by atoms with van der Waals surface area (Å²) < 4.78 is 1.91. The van der Waals surface area contributed by atoms with Crippen molar-refractivity contribution in [2.75, 3.05) is 6.54 Å². The fourth-order valence-corrected chi connectivity index (χ4v) is 1.72. The molecule has 1 N–H and O–H groups in total. The molecular weight excluding hydrogens is 222 g/mol. The van der Waals surface area contributed by atoms with Crippen molar-refractivity contribution >= 4 is 11.6 Å². The highest BCUT2D eigenvalue weighted by Gasteiger charge is 1.94. The van der Waals surface area contributed by atoms with Crippen molar-refractivity contribution in [3.05, 3.63) is 53.3 Å². The van der Waals surface area contributed by atoms with Crippen LogP contribution >= 0.6 is 11.6 Å². The van der Waals surface area contributed by atoms with Gasteiger partial charge in [0.05, 0.1) is 6.54 Å². The van der Waals surface area contributed by atoms with E-state index in [0.717, 1.165) is 24.7 Å². The summed E-state index contributed by atoms with van der Waals surface area (Å²) in [7, 11) is 0. The first kappa shape index (κ1) is 11.2. The number of nitrogens with zero attached hydrogens (tertiary/aromatic N) is 2. The summed E-state index contributed by atoms with van der Waals surface area (Å²) in [5.74, 6) is 0. The van der Waals surface area contributed by atoms with Gasteiger partial charge in [-0.15, -0.1) is 0 Å². The van der Waals surface area contributed by atoms with E-state index in [9.17, 15) is 0 Å². The Labute approximate surface area is 100 Å². The van der Waals surface area contributed by atoms with Gasteiger partial charge in [-0.05, 0) is 23.8 Å². The molecule has 4 heteroatoms. The lowest BCUT2D eigenvalue weighted by Gasteiger charge is -2.05. The van der Waals surface area contributed by atoms with Gasteiger partial charge in [-0.3, -0.25) is 4.68 Å². The summed E-state index contributed by atoms with van der Waals surface area (Å²) in [6.45, 7) is 2.61. The molecule has 0 unspecified atom stereocenters. The van der Waals surface area contributed by atoms with E-state index in [1.165, 1.54) is 5.56 Å². The van der Waals surface area contributed by atoms with E-state index in [-0.39, 0.29) is 0 Å². The second kappa shape index (κ2) is 5.68. The zero-order valence-corrected chi connectivity index (χ0v) is 9.69. The Morgan fingerprint density at radius 3 is 3.00 bits per heavy atom. The Morgan fingerprint density at radius 2 is 2.25 bits per heavy atom. The van der Waals surface area contributed by atoms with Crippen LogP contribution in [0.4, 0.5) is 0 Å². The molecule has 3 nitrogen and oxygen atoms in total. The van der Waals surface area contributed by atoms with Gasteiger partial charge < -0.3 is 5.32 Å². The molecule has 2 aromatic rings. The molecule has 0 aliphatic carbocycles. The fourth-order valence-electron chi connectivity index (χ4n) is 1.51. The second-order valence-corrected chi connectivity index (χ2v) is 4.01. The molecule has 16 heavy (non-hydrogen) atoms. The minimum absolute atomic E-state index is 0.784. The first-order valence-electron chi connectivity index (χ1n) is 5.27. The van der Waals surface area contributed by atoms with Gasteiger partial charge in [0.2, 0.25) is 0 Å². The number of aromatic nitrogens is 2. The Balaban J connectivity index is 1.72. The number of hydrogen-bond donors (Lipinski definition) is 1. The van der Waals surface area contributed by atoms with Gasteiger partial charge in [-0.1, -0.05) is 23.7 Å². The third kappa shape index (κ3) is 3.36. The van der Waals surface area contributed by atoms with Crippen LogP contribution in [0.5, 0.6) is 0 Å². The smallest absolute Gasteiger partial charge is 0.0534 e. The summed E-state index contributed by atoms with van der Waals surface area (Å²) in [6, 6.07) is 9.81.